The van der Waals surface area contributed by atoms with Crippen molar-refractivity contribution in [1.29, 1.82) is 0 Å². The average Bonchev–Trinajstić information content (AvgIpc) is 3.04. The lowest BCUT2D eigenvalue weighted by Crippen LogP contribution is -2.23. The maximum Gasteiger partial charge on any atom is 0.354 e. The number of fused-ring (bicyclic) bond motifs is 1. The Hall–Kier alpha value is -3.15. The van der Waals surface area contributed by atoms with Crippen molar-refractivity contribution in [1.82, 2.24) is 15.3 Å². The number of nitrogens with one attached hydrogen (secondary N) is 2. The first kappa shape index (κ1) is 15.7. The van der Waals surface area contributed by atoms with E-state index in [4.69, 9.17) is 4.74 Å². The zero-order valence-corrected chi connectivity index (χ0v) is 13.2. The fourth-order valence-electron chi connectivity index (χ4n) is 2.37. The molecule has 24 heavy (non-hydrogen) atoms. The van der Waals surface area contributed by atoms with Gasteiger partial charge in [0.1, 0.15) is 5.69 Å². The van der Waals surface area contributed by atoms with E-state index in [1.54, 1.807) is 37.4 Å². The molecule has 1 amide bonds. The molecule has 0 saturated heterocycles. The summed E-state index contributed by atoms with van der Waals surface area (Å²) in [7, 11) is 0. The predicted molar refractivity (Wildman–Crippen MR) is 89.7 cm³/mol. The van der Waals surface area contributed by atoms with Crippen LogP contribution in [0.5, 0.6) is 0 Å². The maximum atomic E-state index is 12.3. The van der Waals surface area contributed by atoms with Crippen LogP contribution in [0.25, 0.3) is 10.9 Å². The first-order valence-corrected chi connectivity index (χ1v) is 7.65. The number of H-pyrrole nitrogens is 1. The van der Waals surface area contributed by atoms with Crippen molar-refractivity contribution in [2.24, 2.45) is 0 Å². The molecule has 2 aromatic heterocycles. The van der Waals surface area contributed by atoms with E-state index < -0.39 is 5.97 Å². The van der Waals surface area contributed by atoms with Crippen LogP contribution >= 0.6 is 0 Å². The molecule has 122 valence electrons. The SMILES string of the molecule is CCOC(=O)c1cc2cc(C(=O)NCc3ccccn3)ccc2[nH]1. The molecular formula is C18H17N3O3. The van der Waals surface area contributed by atoms with E-state index >= 15 is 0 Å². The van der Waals surface area contributed by atoms with Crippen molar-refractivity contribution in [3.63, 3.8) is 0 Å². The molecule has 0 aliphatic carbocycles. The summed E-state index contributed by atoms with van der Waals surface area (Å²) in [6.45, 7) is 2.43. The molecule has 6 heteroatoms. The number of hydrogen-bond donors (Lipinski definition) is 2. The Morgan fingerprint density at radius 1 is 1.21 bits per heavy atom. The maximum absolute atomic E-state index is 12.3. The summed E-state index contributed by atoms with van der Waals surface area (Å²) in [5.74, 6) is -0.601. The molecule has 6 nitrogen and oxygen atoms in total. The van der Waals surface area contributed by atoms with Crippen molar-refractivity contribution >= 4 is 22.8 Å². The van der Waals surface area contributed by atoms with Crippen molar-refractivity contribution in [3.8, 4) is 0 Å². The normalized spacial score (nSPS) is 10.5. The summed E-state index contributed by atoms with van der Waals surface area (Å²) in [4.78, 5) is 31.2. The van der Waals surface area contributed by atoms with Gasteiger partial charge in [-0.1, -0.05) is 6.07 Å². The fourth-order valence-corrected chi connectivity index (χ4v) is 2.37. The van der Waals surface area contributed by atoms with Crippen LogP contribution in [0.15, 0.2) is 48.7 Å². The van der Waals surface area contributed by atoms with Crippen LogP contribution in [0.4, 0.5) is 0 Å². The second kappa shape index (κ2) is 6.95. The molecule has 0 unspecified atom stereocenters. The lowest BCUT2D eigenvalue weighted by molar-refractivity contribution is 0.0520. The monoisotopic (exact) mass is 323 g/mol. The van der Waals surface area contributed by atoms with Gasteiger partial charge in [0.25, 0.3) is 5.91 Å². The molecule has 0 fully saturated rings. The van der Waals surface area contributed by atoms with Crippen LogP contribution in [0, 0.1) is 0 Å². The van der Waals surface area contributed by atoms with E-state index in [-0.39, 0.29) is 5.91 Å². The Labute approximate surface area is 138 Å². The van der Waals surface area contributed by atoms with Gasteiger partial charge >= 0.3 is 5.97 Å². The zero-order chi connectivity index (χ0) is 16.9. The first-order valence-electron chi connectivity index (χ1n) is 7.65. The highest BCUT2D eigenvalue weighted by Crippen LogP contribution is 2.18. The number of rotatable bonds is 5. The number of esters is 1. The third kappa shape index (κ3) is 3.43. The minimum atomic E-state index is -0.408. The molecule has 3 aromatic rings. The molecule has 0 aliphatic heterocycles. The topological polar surface area (TPSA) is 84.1 Å². The van der Waals surface area contributed by atoms with Gasteiger partial charge in [0, 0.05) is 22.7 Å². The zero-order valence-electron chi connectivity index (χ0n) is 13.2. The second-order valence-corrected chi connectivity index (χ2v) is 5.21. The van der Waals surface area contributed by atoms with E-state index in [2.05, 4.69) is 15.3 Å². The van der Waals surface area contributed by atoms with E-state index in [9.17, 15) is 9.59 Å². The highest BCUT2D eigenvalue weighted by Gasteiger charge is 2.12. The number of pyridine rings is 1. The van der Waals surface area contributed by atoms with Crippen molar-refractivity contribution < 1.29 is 14.3 Å². The van der Waals surface area contributed by atoms with Crippen LogP contribution in [-0.4, -0.2) is 28.5 Å². The van der Waals surface area contributed by atoms with Crippen molar-refractivity contribution in [2.45, 2.75) is 13.5 Å². The van der Waals surface area contributed by atoms with Gasteiger partial charge in [-0.25, -0.2) is 4.79 Å². The number of ether oxygens (including phenoxy) is 1. The third-order valence-corrected chi connectivity index (χ3v) is 3.53. The van der Waals surface area contributed by atoms with Gasteiger partial charge in [-0.3, -0.25) is 9.78 Å². The quantitative estimate of drug-likeness (QED) is 0.707. The molecule has 0 saturated carbocycles. The molecule has 0 atom stereocenters. The Kier molecular flexibility index (Phi) is 4.56. The number of amides is 1. The smallest absolute Gasteiger partial charge is 0.354 e. The number of benzene rings is 1. The molecule has 2 heterocycles. The summed E-state index contributed by atoms with van der Waals surface area (Å²) in [6, 6.07) is 12.4. The summed E-state index contributed by atoms with van der Waals surface area (Å²) in [5.41, 5.74) is 2.46. The number of nitrogens with zero attached hydrogens (tertiary/aromatic N) is 1. The Morgan fingerprint density at radius 3 is 2.83 bits per heavy atom. The molecular weight excluding hydrogens is 306 g/mol. The van der Waals surface area contributed by atoms with Gasteiger partial charge in [0.15, 0.2) is 0 Å². The average molecular weight is 323 g/mol. The molecule has 0 bridgehead atoms. The van der Waals surface area contributed by atoms with E-state index in [0.29, 0.717) is 24.4 Å². The molecule has 0 radical (unpaired) electrons. The Morgan fingerprint density at radius 2 is 2.08 bits per heavy atom. The van der Waals surface area contributed by atoms with Crippen molar-refractivity contribution in [3.05, 3.63) is 65.6 Å². The van der Waals surface area contributed by atoms with Crippen LogP contribution < -0.4 is 5.32 Å². The first-order chi connectivity index (χ1) is 11.7. The van der Waals surface area contributed by atoms with Gasteiger partial charge in [0.2, 0.25) is 0 Å². The number of carbonyl (C=O) groups is 2. The van der Waals surface area contributed by atoms with Gasteiger partial charge in [0.05, 0.1) is 18.8 Å². The van der Waals surface area contributed by atoms with Crippen LogP contribution in [-0.2, 0) is 11.3 Å². The molecule has 0 spiro atoms. The molecule has 2 N–H and O–H groups in total. The predicted octanol–water partition coefficient (Wildman–Crippen LogP) is 2.67. The number of carbonyl (C=O) groups excluding carboxylic acids is 2. The second-order valence-electron chi connectivity index (χ2n) is 5.21. The van der Waals surface area contributed by atoms with Gasteiger partial charge < -0.3 is 15.0 Å². The molecule has 0 aliphatic rings. The standard InChI is InChI=1S/C18H17N3O3/c1-2-24-18(23)16-10-13-9-12(6-7-15(13)21-16)17(22)20-11-14-5-3-4-8-19-14/h3-10,21H,2,11H2,1H3,(H,20,22). The Bertz CT molecular complexity index is 872. The van der Waals surface area contributed by atoms with Gasteiger partial charge in [-0.15, -0.1) is 0 Å². The largest absolute Gasteiger partial charge is 0.461 e. The highest BCUT2D eigenvalue weighted by atomic mass is 16.5. The molecule has 1 aromatic carbocycles. The van der Waals surface area contributed by atoms with Crippen LogP contribution in [0.1, 0.15) is 33.5 Å². The Balaban J connectivity index is 1.74. The lowest BCUT2D eigenvalue weighted by atomic mass is 10.1. The van der Waals surface area contributed by atoms with E-state index in [1.807, 2.05) is 18.2 Å². The summed E-state index contributed by atoms with van der Waals surface area (Å²) in [6.07, 6.45) is 1.68. The van der Waals surface area contributed by atoms with Gasteiger partial charge in [-0.05, 0) is 43.3 Å². The van der Waals surface area contributed by atoms with E-state index in [0.717, 1.165) is 16.6 Å². The summed E-state index contributed by atoms with van der Waals surface area (Å²) in [5, 5.41) is 3.61. The lowest BCUT2D eigenvalue weighted by Gasteiger charge is -2.04. The van der Waals surface area contributed by atoms with Crippen LogP contribution in [0.2, 0.25) is 0 Å². The number of aromatic amines is 1. The fraction of sp³-hybridized carbons (Fsp3) is 0.167. The van der Waals surface area contributed by atoms with Crippen LogP contribution in [0.3, 0.4) is 0 Å². The number of aromatic nitrogens is 2. The minimum absolute atomic E-state index is 0.193. The highest BCUT2D eigenvalue weighted by molar-refractivity contribution is 6.00. The number of hydrogen-bond acceptors (Lipinski definition) is 4. The van der Waals surface area contributed by atoms with Gasteiger partial charge in [-0.2, -0.15) is 0 Å². The van der Waals surface area contributed by atoms with Crippen molar-refractivity contribution in [2.75, 3.05) is 6.61 Å². The summed E-state index contributed by atoms with van der Waals surface area (Å²) < 4.78 is 4.97. The van der Waals surface area contributed by atoms with E-state index in [1.165, 1.54) is 0 Å². The summed E-state index contributed by atoms with van der Waals surface area (Å²) >= 11 is 0. The minimum Gasteiger partial charge on any atom is -0.461 e. The third-order valence-electron chi connectivity index (χ3n) is 3.53. The molecule has 3 rings (SSSR count).